The van der Waals surface area contributed by atoms with Crippen molar-refractivity contribution in [1.82, 2.24) is 15.0 Å². The molecule has 6 heteroatoms. The highest BCUT2D eigenvalue weighted by Crippen LogP contribution is 2.17. The number of hydrogen-bond donors (Lipinski definition) is 1. The van der Waals surface area contributed by atoms with E-state index < -0.39 is 5.97 Å². The fraction of sp³-hybridized carbons (Fsp3) is 0. The Kier molecular flexibility index (Phi) is 1.94. The van der Waals surface area contributed by atoms with Crippen molar-refractivity contribution in [3.8, 4) is 11.6 Å². The van der Waals surface area contributed by atoms with Crippen LogP contribution in [0.15, 0.2) is 29.3 Å². The Bertz CT molecular complexity index is 452. The van der Waals surface area contributed by atoms with Gasteiger partial charge in [-0.3, -0.25) is 0 Å². The summed E-state index contributed by atoms with van der Waals surface area (Å²) >= 11 is 0. The van der Waals surface area contributed by atoms with Crippen LogP contribution in [0.5, 0.6) is 0 Å². The first kappa shape index (κ1) is 8.36. The van der Waals surface area contributed by atoms with Gasteiger partial charge in [-0.25, -0.2) is 19.7 Å². The molecule has 0 aliphatic rings. The van der Waals surface area contributed by atoms with Crippen molar-refractivity contribution < 1.29 is 14.3 Å². The average molecular weight is 191 g/mol. The summed E-state index contributed by atoms with van der Waals surface area (Å²) in [6.45, 7) is 0. The highest BCUT2D eigenvalue weighted by Gasteiger charge is 2.18. The van der Waals surface area contributed by atoms with Gasteiger partial charge in [0.1, 0.15) is 0 Å². The molecule has 0 atom stereocenters. The number of rotatable bonds is 2. The Morgan fingerprint density at radius 3 is 2.64 bits per heavy atom. The molecular formula is C8H5N3O3. The van der Waals surface area contributed by atoms with Gasteiger partial charge in [0.25, 0.3) is 0 Å². The maximum absolute atomic E-state index is 10.7. The standard InChI is InChI=1S/C8H5N3O3/c12-8(13)5-6(14-4-11-5)7-9-2-1-3-10-7/h1-4H,(H,12,13). The topological polar surface area (TPSA) is 89.1 Å². The molecular weight excluding hydrogens is 186 g/mol. The number of carboxylic acids is 1. The lowest BCUT2D eigenvalue weighted by molar-refractivity contribution is 0.0691. The van der Waals surface area contributed by atoms with Crippen molar-refractivity contribution in [1.29, 1.82) is 0 Å². The van der Waals surface area contributed by atoms with Crippen molar-refractivity contribution in [2.24, 2.45) is 0 Å². The lowest BCUT2D eigenvalue weighted by Crippen LogP contribution is -2.00. The van der Waals surface area contributed by atoms with Gasteiger partial charge in [-0.2, -0.15) is 0 Å². The van der Waals surface area contributed by atoms with Gasteiger partial charge >= 0.3 is 5.97 Å². The monoisotopic (exact) mass is 191 g/mol. The molecule has 0 aliphatic heterocycles. The van der Waals surface area contributed by atoms with Gasteiger partial charge in [0, 0.05) is 12.4 Å². The third kappa shape index (κ3) is 1.33. The van der Waals surface area contributed by atoms with Gasteiger partial charge in [0.15, 0.2) is 17.9 Å². The summed E-state index contributed by atoms with van der Waals surface area (Å²) in [5.74, 6) is -0.887. The van der Waals surface area contributed by atoms with Crippen LogP contribution in [-0.4, -0.2) is 26.0 Å². The van der Waals surface area contributed by atoms with Gasteiger partial charge in [-0.05, 0) is 6.07 Å². The van der Waals surface area contributed by atoms with Crippen LogP contribution in [-0.2, 0) is 0 Å². The lowest BCUT2D eigenvalue weighted by Gasteiger charge is -1.93. The number of carbonyl (C=O) groups is 1. The van der Waals surface area contributed by atoms with Gasteiger partial charge in [-0.1, -0.05) is 0 Å². The van der Waals surface area contributed by atoms with Crippen molar-refractivity contribution in [3.63, 3.8) is 0 Å². The van der Waals surface area contributed by atoms with Gasteiger partial charge in [0.05, 0.1) is 0 Å². The fourth-order valence-electron chi connectivity index (χ4n) is 0.973. The zero-order valence-corrected chi connectivity index (χ0v) is 6.91. The second-order valence-electron chi connectivity index (χ2n) is 2.41. The van der Waals surface area contributed by atoms with E-state index in [1.165, 1.54) is 12.4 Å². The predicted octanol–water partition coefficient (Wildman–Crippen LogP) is 0.830. The van der Waals surface area contributed by atoms with Crippen LogP contribution in [0.3, 0.4) is 0 Å². The molecule has 2 rings (SSSR count). The highest BCUT2D eigenvalue weighted by molar-refractivity contribution is 5.90. The maximum atomic E-state index is 10.7. The molecule has 2 heterocycles. The molecule has 0 aromatic carbocycles. The fourth-order valence-corrected chi connectivity index (χ4v) is 0.973. The first-order chi connectivity index (χ1) is 6.79. The minimum Gasteiger partial charge on any atom is -0.476 e. The molecule has 0 spiro atoms. The van der Waals surface area contributed by atoms with Crippen molar-refractivity contribution in [3.05, 3.63) is 30.5 Å². The molecule has 14 heavy (non-hydrogen) atoms. The van der Waals surface area contributed by atoms with Crippen LogP contribution >= 0.6 is 0 Å². The molecule has 70 valence electrons. The van der Waals surface area contributed by atoms with E-state index in [9.17, 15) is 4.79 Å². The molecule has 0 fully saturated rings. The van der Waals surface area contributed by atoms with Crippen LogP contribution in [0.4, 0.5) is 0 Å². The Hall–Kier alpha value is -2.24. The molecule has 0 saturated carbocycles. The number of carboxylic acid groups (broad SMARTS) is 1. The summed E-state index contributed by atoms with van der Waals surface area (Å²) in [6, 6.07) is 1.63. The predicted molar refractivity (Wildman–Crippen MR) is 44.5 cm³/mol. The van der Waals surface area contributed by atoms with E-state index in [2.05, 4.69) is 15.0 Å². The van der Waals surface area contributed by atoms with Crippen molar-refractivity contribution in [2.75, 3.05) is 0 Å². The molecule has 0 unspecified atom stereocenters. The smallest absolute Gasteiger partial charge is 0.358 e. The number of aromatic carboxylic acids is 1. The maximum Gasteiger partial charge on any atom is 0.358 e. The zero-order chi connectivity index (χ0) is 9.97. The zero-order valence-electron chi connectivity index (χ0n) is 6.91. The molecule has 2 aromatic heterocycles. The van der Waals surface area contributed by atoms with Crippen LogP contribution in [0.1, 0.15) is 10.5 Å². The third-order valence-corrected chi connectivity index (χ3v) is 1.54. The van der Waals surface area contributed by atoms with Crippen molar-refractivity contribution in [2.45, 2.75) is 0 Å². The second-order valence-corrected chi connectivity index (χ2v) is 2.41. The largest absolute Gasteiger partial charge is 0.476 e. The Labute approximate surface area is 78.3 Å². The number of hydrogen-bond acceptors (Lipinski definition) is 5. The first-order valence-electron chi connectivity index (χ1n) is 3.73. The summed E-state index contributed by atoms with van der Waals surface area (Å²) < 4.78 is 4.90. The summed E-state index contributed by atoms with van der Waals surface area (Å²) in [6.07, 6.45) is 4.04. The molecule has 6 nitrogen and oxygen atoms in total. The minimum atomic E-state index is -1.17. The van der Waals surface area contributed by atoms with Gasteiger partial charge in [0.2, 0.25) is 5.76 Å². The van der Waals surface area contributed by atoms with Gasteiger partial charge < -0.3 is 9.52 Å². The Morgan fingerprint density at radius 1 is 1.29 bits per heavy atom. The molecule has 1 N–H and O–H groups in total. The van der Waals surface area contributed by atoms with Crippen LogP contribution in [0.25, 0.3) is 11.6 Å². The Morgan fingerprint density at radius 2 is 2.00 bits per heavy atom. The van der Waals surface area contributed by atoms with E-state index in [1.54, 1.807) is 6.07 Å². The third-order valence-electron chi connectivity index (χ3n) is 1.54. The lowest BCUT2D eigenvalue weighted by atomic mass is 10.3. The summed E-state index contributed by atoms with van der Waals surface area (Å²) in [7, 11) is 0. The van der Waals surface area contributed by atoms with Crippen LogP contribution < -0.4 is 0 Å². The van der Waals surface area contributed by atoms with Crippen LogP contribution in [0.2, 0.25) is 0 Å². The molecule has 0 amide bonds. The van der Waals surface area contributed by atoms with E-state index >= 15 is 0 Å². The molecule has 2 aromatic rings. The van der Waals surface area contributed by atoms with E-state index in [1.807, 2.05) is 0 Å². The van der Waals surface area contributed by atoms with E-state index in [4.69, 9.17) is 9.52 Å². The number of aromatic nitrogens is 3. The van der Waals surface area contributed by atoms with E-state index in [-0.39, 0.29) is 17.3 Å². The SMILES string of the molecule is O=C(O)c1ncoc1-c1ncccn1. The minimum absolute atomic E-state index is 0.0677. The molecule has 0 bridgehead atoms. The first-order valence-corrected chi connectivity index (χ1v) is 3.73. The highest BCUT2D eigenvalue weighted by atomic mass is 16.4. The van der Waals surface area contributed by atoms with Crippen molar-refractivity contribution >= 4 is 5.97 Å². The van der Waals surface area contributed by atoms with Gasteiger partial charge in [-0.15, -0.1) is 0 Å². The summed E-state index contributed by atoms with van der Waals surface area (Å²) in [5.41, 5.74) is -0.184. The second kappa shape index (κ2) is 3.25. The number of nitrogens with zero attached hydrogens (tertiary/aromatic N) is 3. The quantitative estimate of drug-likeness (QED) is 0.756. The van der Waals surface area contributed by atoms with E-state index in [0.29, 0.717) is 0 Å². The molecule has 0 radical (unpaired) electrons. The Balaban J connectivity index is 2.52. The normalized spacial score (nSPS) is 10.0. The summed E-state index contributed by atoms with van der Waals surface area (Å²) in [4.78, 5) is 21.9. The molecule has 0 aliphatic carbocycles. The van der Waals surface area contributed by atoms with E-state index in [0.717, 1.165) is 6.39 Å². The average Bonchev–Trinajstić information content (AvgIpc) is 2.67. The van der Waals surface area contributed by atoms with Crippen LogP contribution in [0, 0.1) is 0 Å². The molecule has 0 saturated heterocycles. The summed E-state index contributed by atoms with van der Waals surface area (Å²) in [5, 5.41) is 8.74. The number of oxazole rings is 1.